The zero-order chi connectivity index (χ0) is 15.4. The van der Waals surface area contributed by atoms with Gasteiger partial charge in [-0.3, -0.25) is 4.79 Å². The molecule has 0 bridgehead atoms. The number of aryl methyl sites for hydroxylation is 1. The molecule has 0 aliphatic rings. The van der Waals surface area contributed by atoms with E-state index in [4.69, 9.17) is 15.2 Å². The lowest BCUT2D eigenvalue weighted by Crippen LogP contribution is -2.15. The van der Waals surface area contributed by atoms with Crippen LogP contribution in [0.15, 0.2) is 36.4 Å². The van der Waals surface area contributed by atoms with Gasteiger partial charge >= 0.3 is 0 Å². The van der Waals surface area contributed by atoms with Crippen LogP contribution in [0.1, 0.15) is 15.9 Å². The number of rotatable bonds is 4. The SMILES string of the molecule is COc1cc(C)ccc1NC(=O)c1cccc(OC)c1N. The summed E-state index contributed by atoms with van der Waals surface area (Å²) in [6, 6.07) is 10.6. The number of benzene rings is 2. The van der Waals surface area contributed by atoms with Crippen LogP contribution in [0.4, 0.5) is 11.4 Å². The van der Waals surface area contributed by atoms with Crippen molar-refractivity contribution in [2.45, 2.75) is 6.92 Å². The van der Waals surface area contributed by atoms with Gasteiger partial charge in [0.05, 0.1) is 31.2 Å². The number of ether oxygens (including phenoxy) is 2. The first-order valence-electron chi connectivity index (χ1n) is 6.45. The molecular weight excluding hydrogens is 268 g/mol. The largest absolute Gasteiger partial charge is 0.495 e. The Labute approximate surface area is 123 Å². The Morgan fingerprint density at radius 1 is 1.10 bits per heavy atom. The summed E-state index contributed by atoms with van der Waals surface area (Å²) in [5, 5.41) is 2.80. The van der Waals surface area contributed by atoms with Crippen LogP contribution in [0.5, 0.6) is 11.5 Å². The fourth-order valence-electron chi connectivity index (χ4n) is 2.01. The lowest BCUT2D eigenvalue weighted by atomic mass is 10.1. The molecule has 2 aromatic rings. The smallest absolute Gasteiger partial charge is 0.257 e. The molecule has 110 valence electrons. The van der Waals surface area contributed by atoms with Gasteiger partial charge in [0.15, 0.2) is 0 Å². The highest BCUT2D eigenvalue weighted by molar-refractivity contribution is 6.09. The Hall–Kier alpha value is -2.69. The highest BCUT2D eigenvalue weighted by Gasteiger charge is 2.15. The van der Waals surface area contributed by atoms with Gasteiger partial charge in [0.2, 0.25) is 0 Å². The summed E-state index contributed by atoms with van der Waals surface area (Å²) in [5.74, 6) is 0.761. The average Bonchev–Trinajstić information content (AvgIpc) is 2.49. The molecule has 0 aliphatic carbocycles. The zero-order valence-electron chi connectivity index (χ0n) is 12.3. The number of nitrogens with two attached hydrogens (primary N) is 1. The van der Waals surface area contributed by atoms with Crippen LogP contribution >= 0.6 is 0 Å². The summed E-state index contributed by atoms with van der Waals surface area (Å²) in [7, 11) is 3.07. The molecule has 0 fully saturated rings. The van der Waals surface area contributed by atoms with Crippen molar-refractivity contribution in [1.82, 2.24) is 0 Å². The van der Waals surface area contributed by atoms with Gasteiger partial charge in [-0.15, -0.1) is 0 Å². The third-order valence-electron chi connectivity index (χ3n) is 3.14. The first-order chi connectivity index (χ1) is 10.1. The summed E-state index contributed by atoms with van der Waals surface area (Å²) in [5.41, 5.74) is 8.23. The van der Waals surface area contributed by atoms with E-state index in [1.54, 1.807) is 31.4 Å². The molecule has 0 spiro atoms. The van der Waals surface area contributed by atoms with Gasteiger partial charge in [0.1, 0.15) is 11.5 Å². The third-order valence-corrected chi connectivity index (χ3v) is 3.14. The number of carbonyl (C=O) groups is 1. The number of amides is 1. The fraction of sp³-hybridized carbons (Fsp3) is 0.188. The number of nitrogen functional groups attached to an aromatic ring is 1. The third kappa shape index (κ3) is 3.08. The summed E-state index contributed by atoms with van der Waals surface area (Å²) < 4.78 is 10.4. The molecule has 2 rings (SSSR count). The molecule has 21 heavy (non-hydrogen) atoms. The fourth-order valence-corrected chi connectivity index (χ4v) is 2.01. The van der Waals surface area contributed by atoms with Crippen molar-refractivity contribution < 1.29 is 14.3 Å². The number of carbonyl (C=O) groups excluding carboxylic acids is 1. The predicted octanol–water partition coefficient (Wildman–Crippen LogP) is 2.85. The van der Waals surface area contributed by atoms with Crippen molar-refractivity contribution in [3.8, 4) is 11.5 Å². The maximum Gasteiger partial charge on any atom is 0.257 e. The molecule has 0 aromatic heterocycles. The number of hydrogen-bond donors (Lipinski definition) is 2. The average molecular weight is 286 g/mol. The molecular formula is C16H18N2O3. The van der Waals surface area contributed by atoms with Crippen LogP contribution in [0.2, 0.25) is 0 Å². The maximum atomic E-state index is 12.4. The highest BCUT2D eigenvalue weighted by Crippen LogP contribution is 2.28. The first kappa shape index (κ1) is 14.7. The van der Waals surface area contributed by atoms with Crippen LogP contribution in [0.3, 0.4) is 0 Å². The second-order valence-corrected chi connectivity index (χ2v) is 4.58. The summed E-state index contributed by atoms with van der Waals surface area (Å²) in [6.45, 7) is 1.95. The molecule has 3 N–H and O–H groups in total. The monoisotopic (exact) mass is 286 g/mol. The van der Waals surface area contributed by atoms with Crippen LogP contribution < -0.4 is 20.5 Å². The molecule has 1 amide bonds. The number of hydrogen-bond acceptors (Lipinski definition) is 4. The highest BCUT2D eigenvalue weighted by atomic mass is 16.5. The van der Waals surface area contributed by atoms with Crippen LogP contribution in [-0.2, 0) is 0 Å². The second-order valence-electron chi connectivity index (χ2n) is 4.58. The lowest BCUT2D eigenvalue weighted by Gasteiger charge is -2.13. The van der Waals surface area contributed by atoms with Crippen molar-refractivity contribution >= 4 is 17.3 Å². The van der Waals surface area contributed by atoms with Crippen LogP contribution in [0.25, 0.3) is 0 Å². The minimum Gasteiger partial charge on any atom is -0.495 e. The Morgan fingerprint density at radius 3 is 2.48 bits per heavy atom. The zero-order valence-corrected chi connectivity index (χ0v) is 12.3. The quantitative estimate of drug-likeness (QED) is 0.848. The summed E-state index contributed by atoms with van der Waals surface area (Å²) in [6.07, 6.45) is 0. The molecule has 5 heteroatoms. The Bertz CT molecular complexity index is 669. The molecule has 0 aliphatic heterocycles. The van der Waals surface area contributed by atoms with Gasteiger partial charge in [0, 0.05) is 0 Å². The van der Waals surface area contributed by atoms with Crippen LogP contribution in [0, 0.1) is 6.92 Å². The van der Waals surface area contributed by atoms with Gasteiger partial charge < -0.3 is 20.5 Å². The Kier molecular flexibility index (Phi) is 4.33. The molecule has 0 saturated heterocycles. The van der Waals surface area contributed by atoms with Gasteiger partial charge in [0.25, 0.3) is 5.91 Å². The molecule has 0 saturated carbocycles. The van der Waals surface area contributed by atoms with Gasteiger partial charge in [-0.2, -0.15) is 0 Å². The van der Waals surface area contributed by atoms with Gasteiger partial charge in [-0.05, 0) is 36.8 Å². The van der Waals surface area contributed by atoms with E-state index in [9.17, 15) is 4.79 Å². The van der Waals surface area contributed by atoms with E-state index in [0.29, 0.717) is 28.4 Å². The number of nitrogens with one attached hydrogen (secondary N) is 1. The van der Waals surface area contributed by atoms with Gasteiger partial charge in [-0.25, -0.2) is 0 Å². The van der Waals surface area contributed by atoms with Crippen molar-refractivity contribution in [3.05, 3.63) is 47.5 Å². The van der Waals surface area contributed by atoms with E-state index in [1.165, 1.54) is 7.11 Å². The summed E-state index contributed by atoms with van der Waals surface area (Å²) >= 11 is 0. The second kappa shape index (κ2) is 6.17. The van der Waals surface area contributed by atoms with E-state index < -0.39 is 0 Å². The van der Waals surface area contributed by atoms with Crippen molar-refractivity contribution in [3.63, 3.8) is 0 Å². The molecule has 2 aromatic carbocycles. The van der Waals surface area contributed by atoms with E-state index >= 15 is 0 Å². The van der Waals surface area contributed by atoms with Gasteiger partial charge in [-0.1, -0.05) is 12.1 Å². The Balaban J connectivity index is 2.30. The first-order valence-corrected chi connectivity index (χ1v) is 6.45. The predicted molar refractivity (Wildman–Crippen MR) is 83.1 cm³/mol. The lowest BCUT2D eigenvalue weighted by molar-refractivity contribution is 0.102. The van der Waals surface area contributed by atoms with E-state index in [-0.39, 0.29) is 5.91 Å². The topological polar surface area (TPSA) is 73.6 Å². The number of methoxy groups -OCH3 is 2. The van der Waals surface area contributed by atoms with Crippen molar-refractivity contribution in [2.24, 2.45) is 0 Å². The normalized spacial score (nSPS) is 10.0. The number of para-hydroxylation sites is 1. The molecule has 0 radical (unpaired) electrons. The van der Waals surface area contributed by atoms with E-state index in [2.05, 4.69) is 5.32 Å². The summed E-state index contributed by atoms with van der Waals surface area (Å²) in [4.78, 5) is 12.4. The number of anilines is 2. The van der Waals surface area contributed by atoms with Crippen LogP contribution in [-0.4, -0.2) is 20.1 Å². The van der Waals surface area contributed by atoms with E-state index in [0.717, 1.165) is 5.56 Å². The maximum absolute atomic E-state index is 12.4. The molecule has 0 heterocycles. The van der Waals surface area contributed by atoms with E-state index in [1.807, 2.05) is 19.1 Å². The molecule has 0 unspecified atom stereocenters. The molecule has 0 atom stereocenters. The molecule has 5 nitrogen and oxygen atoms in total. The van der Waals surface area contributed by atoms with Crippen molar-refractivity contribution in [1.29, 1.82) is 0 Å². The van der Waals surface area contributed by atoms with Crippen molar-refractivity contribution in [2.75, 3.05) is 25.3 Å². The Morgan fingerprint density at radius 2 is 1.81 bits per heavy atom. The standard InChI is InChI=1S/C16H18N2O3/c1-10-7-8-12(14(9-10)21-3)18-16(19)11-5-4-6-13(20-2)15(11)17/h4-9H,17H2,1-3H3,(H,18,19). The minimum absolute atomic E-state index is 0.309. The minimum atomic E-state index is -0.312.